The fourth-order valence-electron chi connectivity index (χ4n) is 2.42. The van der Waals surface area contributed by atoms with Crippen molar-refractivity contribution in [1.82, 2.24) is 14.7 Å². The second-order valence-corrected chi connectivity index (χ2v) is 6.34. The molecule has 1 aromatic carbocycles. The molecule has 0 aliphatic heterocycles. The summed E-state index contributed by atoms with van der Waals surface area (Å²) >= 11 is 1.32. The number of carbonyl (C=O) groups is 1. The number of benzene rings is 1. The van der Waals surface area contributed by atoms with Crippen molar-refractivity contribution in [3.05, 3.63) is 52.9 Å². The molecule has 0 spiro atoms. The number of rotatable bonds is 5. The average Bonchev–Trinajstić information content (AvgIpc) is 3.16. The largest absolute Gasteiger partial charge is 0.406 e. The number of halogens is 3. The first-order valence-electron chi connectivity index (χ1n) is 7.20. The SMILES string of the molecule is O=C(Cn1ncc2ccccc21)N(Cc1cccs1)CC(F)(F)F. The minimum absolute atomic E-state index is 0.0603. The number of hydrogen-bond donors (Lipinski definition) is 0. The van der Waals surface area contributed by atoms with E-state index in [9.17, 15) is 18.0 Å². The summed E-state index contributed by atoms with van der Waals surface area (Å²) in [6.07, 6.45) is -2.85. The maximum atomic E-state index is 12.8. The zero-order chi connectivity index (χ0) is 17.2. The topological polar surface area (TPSA) is 38.1 Å². The second-order valence-electron chi connectivity index (χ2n) is 5.31. The lowest BCUT2D eigenvalue weighted by Crippen LogP contribution is -2.40. The zero-order valence-corrected chi connectivity index (χ0v) is 13.3. The highest BCUT2D eigenvalue weighted by atomic mass is 32.1. The number of fused-ring (bicyclic) bond motifs is 1. The van der Waals surface area contributed by atoms with Crippen molar-refractivity contribution in [2.24, 2.45) is 0 Å². The molecule has 24 heavy (non-hydrogen) atoms. The molecule has 0 aliphatic carbocycles. The van der Waals surface area contributed by atoms with Crippen molar-refractivity contribution < 1.29 is 18.0 Å². The number of nitrogens with zero attached hydrogens (tertiary/aromatic N) is 3. The standard InChI is InChI=1S/C16H14F3N3OS/c17-16(18,19)11-21(9-13-5-3-7-24-13)15(23)10-22-14-6-2-1-4-12(14)8-20-22/h1-8H,9-11H2. The molecule has 2 aromatic heterocycles. The van der Waals surface area contributed by atoms with E-state index in [1.807, 2.05) is 12.1 Å². The van der Waals surface area contributed by atoms with E-state index in [-0.39, 0.29) is 13.1 Å². The highest BCUT2D eigenvalue weighted by Gasteiger charge is 2.33. The lowest BCUT2D eigenvalue weighted by molar-refractivity contribution is -0.162. The van der Waals surface area contributed by atoms with Crippen LogP contribution in [0.4, 0.5) is 13.2 Å². The molecule has 126 valence electrons. The van der Waals surface area contributed by atoms with E-state index < -0.39 is 18.6 Å². The summed E-state index contributed by atoms with van der Waals surface area (Å²) in [4.78, 5) is 14.0. The van der Waals surface area contributed by atoms with Crippen molar-refractivity contribution in [2.45, 2.75) is 19.3 Å². The van der Waals surface area contributed by atoms with E-state index in [2.05, 4.69) is 5.10 Å². The first-order valence-corrected chi connectivity index (χ1v) is 8.08. The monoisotopic (exact) mass is 353 g/mol. The molecular formula is C16H14F3N3OS. The van der Waals surface area contributed by atoms with Crippen LogP contribution in [0.25, 0.3) is 10.9 Å². The van der Waals surface area contributed by atoms with Gasteiger partial charge in [-0.1, -0.05) is 24.3 Å². The molecule has 0 unspecified atom stereocenters. The van der Waals surface area contributed by atoms with Crippen molar-refractivity contribution in [3.63, 3.8) is 0 Å². The minimum Gasteiger partial charge on any atom is -0.327 e. The molecule has 8 heteroatoms. The minimum atomic E-state index is -4.45. The van der Waals surface area contributed by atoms with Gasteiger partial charge in [0, 0.05) is 10.3 Å². The Morgan fingerprint density at radius 1 is 1.21 bits per heavy atom. The highest BCUT2D eigenvalue weighted by Crippen LogP contribution is 2.21. The van der Waals surface area contributed by atoms with Crippen LogP contribution in [0.1, 0.15) is 4.88 Å². The summed E-state index contributed by atoms with van der Waals surface area (Å²) in [5, 5.41) is 6.71. The van der Waals surface area contributed by atoms with Crippen LogP contribution in [0.2, 0.25) is 0 Å². The predicted molar refractivity (Wildman–Crippen MR) is 85.5 cm³/mol. The van der Waals surface area contributed by atoms with Crippen LogP contribution >= 0.6 is 11.3 Å². The van der Waals surface area contributed by atoms with Gasteiger partial charge in [-0.3, -0.25) is 9.48 Å². The highest BCUT2D eigenvalue weighted by molar-refractivity contribution is 7.09. The summed E-state index contributed by atoms with van der Waals surface area (Å²) in [7, 11) is 0. The molecular weight excluding hydrogens is 339 g/mol. The van der Waals surface area contributed by atoms with Crippen molar-refractivity contribution in [3.8, 4) is 0 Å². The summed E-state index contributed by atoms with van der Waals surface area (Å²) < 4.78 is 39.9. The van der Waals surface area contributed by atoms with E-state index in [0.29, 0.717) is 10.4 Å². The van der Waals surface area contributed by atoms with Gasteiger partial charge in [-0.25, -0.2) is 0 Å². The zero-order valence-electron chi connectivity index (χ0n) is 12.5. The molecule has 0 atom stereocenters. The summed E-state index contributed by atoms with van der Waals surface area (Å²) in [5.41, 5.74) is 0.717. The summed E-state index contributed by atoms with van der Waals surface area (Å²) in [6.45, 7) is -1.56. The third kappa shape index (κ3) is 3.94. The first-order chi connectivity index (χ1) is 11.4. The predicted octanol–water partition coefficient (Wildman–Crippen LogP) is 3.69. The third-order valence-corrected chi connectivity index (χ3v) is 4.35. The molecule has 4 nitrogen and oxygen atoms in total. The van der Waals surface area contributed by atoms with Crippen LogP contribution in [0.5, 0.6) is 0 Å². The van der Waals surface area contributed by atoms with E-state index in [4.69, 9.17) is 0 Å². The Kier molecular flexibility index (Phi) is 4.57. The number of amides is 1. The Bertz CT molecular complexity index is 827. The number of carbonyl (C=O) groups excluding carboxylic acids is 1. The Morgan fingerprint density at radius 2 is 2.00 bits per heavy atom. The van der Waals surface area contributed by atoms with Gasteiger partial charge in [0.15, 0.2) is 0 Å². The smallest absolute Gasteiger partial charge is 0.327 e. The van der Waals surface area contributed by atoms with Crippen LogP contribution < -0.4 is 0 Å². The number of alkyl halides is 3. The average molecular weight is 353 g/mol. The van der Waals surface area contributed by atoms with Gasteiger partial charge in [0.1, 0.15) is 13.1 Å². The number of thiophene rings is 1. The van der Waals surface area contributed by atoms with Gasteiger partial charge in [-0.05, 0) is 17.5 Å². The Balaban J connectivity index is 1.79. The fraction of sp³-hybridized carbons (Fsp3) is 0.250. The van der Waals surface area contributed by atoms with E-state index >= 15 is 0 Å². The third-order valence-electron chi connectivity index (χ3n) is 3.49. The van der Waals surface area contributed by atoms with Crippen LogP contribution in [0, 0.1) is 0 Å². The molecule has 3 rings (SSSR count). The molecule has 0 saturated carbocycles. The maximum absolute atomic E-state index is 12.8. The molecule has 1 amide bonds. The lowest BCUT2D eigenvalue weighted by atomic mass is 10.2. The van der Waals surface area contributed by atoms with Gasteiger partial charge in [-0.2, -0.15) is 18.3 Å². The number of para-hydroxylation sites is 1. The number of hydrogen-bond acceptors (Lipinski definition) is 3. The first kappa shape index (κ1) is 16.5. The molecule has 0 radical (unpaired) electrons. The molecule has 0 N–H and O–H groups in total. The van der Waals surface area contributed by atoms with E-state index in [1.165, 1.54) is 16.0 Å². The van der Waals surface area contributed by atoms with Crippen molar-refractivity contribution in [2.75, 3.05) is 6.54 Å². The van der Waals surface area contributed by atoms with Gasteiger partial charge >= 0.3 is 6.18 Å². The normalized spacial score (nSPS) is 11.8. The van der Waals surface area contributed by atoms with Crippen LogP contribution in [-0.2, 0) is 17.9 Å². The number of aromatic nitrogens is 2. The van der Waals surface area contributed by atoms with Crippen LogP contribution in [0.15, 0.2) is 48.0 Å². The molecule has 0 fully saturated rings. The Labute approximate surface area is 140 Å². The lowest BCUT2D eigenvalue weighted by Gasteiger charge is -2.23. The fourth-order valence-corrected chi connectivity index (χ4v) is 3.14. The van der Waals surface area contributed by atoms with Crippen LogP contribution in [0.3, 0.4) is 0 Å². The molecule has 2 heterocycles. The molecule has 0 aliphatic rings. The van der Waals surface area contributed by atoms with Gasteiger partial charge in [0.25, 0.3) is 0 Å². The summed E-state index contributed by atoms with van der Waals surface area (Å²) in [6, 6.07) is 10.7. The summed E-state index contributed by atoms with van der Waals surface area (Å²) in [5.74, 6) is -0.616. The Morgan fingerprint density at radius 3 is 2.71 bits per heavy atom. The van der Waals surface area contributed by atoms with Gasteiger partial charge < -0.3 is 4.90 Å². The second kappa shape index (κ2) is 6.64. The molecule has 3 aromatic rings. The van der Waals surface area contributed by atoms with E-state index in [1.54, 1.807) is 35.8 Å². The van der Waals surface area contributed by atoms with Gasteiger partial charge in [-0.15, -0.1) is 11.3 Å². The molecule has 0 saturated heterocycles. The van der Waals surface area contributed by atoms with Gasteiger partial charge in [0.2, 0.25) is 5.91 Å². The van der Waals surface area contributed by atoms with Crippen molar-refractivity contribution >= 4 is 28.1 Å². The van der Waals surface area contributed by atoms with Crippen molar-refractivity contribution in [1.29, 1.82) is 0 Å². The quantitative estimate of drug-likeness (QED) is 0.702. The van der Waals surface area contributed by atoms with Gasteiger partial charge in [0.05, 0.1) is 18.3 Å². The van der Waals surface area contributed by atoms with Crippen LogP contribution in [-0.4, -0.2) is 33.3 Å². The van der Waals surface area contributed by atoms with E-state index in [0.717, 1.165) is 10.3 Å². The maximum Gasteiger partial charge on any atom is 0.406 e. The Hall–Kier alpha value is -2.35. The molecule has 0 bridgehead atoms.